The first-order valence-corrected chi connectivity index (χ1v) is 5.54. The molecule has 0 heterocycles. The summed E-state index contributed by atoms with van der Waals surface area (Å²) in [5, 5.41) is 0. The number of rotatable bonds is 12. The molecule has 0 saturated carbocycles. The monoisotopic (exact) mass is 274 g/mol. The molecular formula is C12H18O7. The van der Waals surface area contributed by atoms with Gasteiger partial charge < -0.3 is 23.7 Å². The second-order valence-corrected chi connectivity index (χ2v) is 3.03. The van der Waals surface area contributed by atoms with Crippen LogP contribution in [0.3, 0.4) is 0 Å². The maximum Gasteiger partial charge on any atom is 0.336 e. The van der Waals surface area contributed by atoms with Gasteiger partial charge in [-0.05, 0) is 0 Å². The maximum absolute atomic E-state index is 10.8. The highest BCUT2D eigenvalue weighted by molar-refractivity contribution is 5.71. The van der Waals surface area contributed by atoms with E-state index in [9.17, 15) is 9.59 Å². The fourth-order valence-electron chi connectivity index (χ4n) is 0.903. The minimum absolute atomic E-state index is 0.153. The van der Waals surface area contributed by atoms with Gasteiger partial charge in [0.1, 0.15) is 13.2 Å². The summed E-state index contributed by atoms with van der Waals surface area (Å²) in [6, 6.07) is 0. The average Bonchev–Trinajstić information content (AvgIpc) is 2.37. The molecule has 0 aliphatic carbocycles. The van der Waals surface area contributed by atoms with E-state index in [0.29, 0.717) is 13.2 Å². The lowest BCUT2D eigenvalue weighted by Crippen LogP contribution is -2.16. The van der Waals surface area contributed by atoms with Gasteiger partial charge in [0.05, 0.1) is 39.0 Å². The van der Waals surface area contributed by atoms with E-state index in [2.05, 4.69) is 22.6 Å². The Morgan fingerprint density at radius 2 is 1.11 bits per heavy atom. The number of esters is 2. The van der Waals surface area contributed by atoms with Crippen molar-refractivity contribution in [3.63, 3.8) is 0 Å². The molecule has 0 aromatic carbocycles. The van der Waals surface area contributed by atoms with Gasteiger partial charge in [0.15, 0.2) is 0 Å². The van der Waals surface area contributed by atoms with Crippen LogP contribution in [0.25, 0.3) is 0 Å². The van der Waals surface area contributed by atoms with Crippen molar-refractivity contribution in [1.29, 1.82) is 0 Å². The van der Waals surface area contributed by atoms with Crippen molar-refractivity contribution in [1.82, 2.24) is 0 Å². The predicted octanol–water partition coefficient (Wildman–Crippen LogP) is 0.410. The summed E-state index contributed by atoms with van der Waals surface area (Å²) < 4.78 is 23.9. The van der Waals surface area contributed by atoms with Gasteiger partial charge in [-0.1, -0.05) is 13.2 Å². The van der Waals surface area contributed by atoms with Crippen LogP contribution in [0.4, 0.5) is 0 Å². The molecule has 0 saturated heterocycles. The van der Waals surface area contributed by atoms with Gasteiger partial charge in [0, 0.05) is 0 Å². The van der Waals surface area contributed by atoms with E-state index in [1.807, 2.05) is 0 Å². The average molecular weight is 274 g/mol. The zero-order valence-electron chi connectivity index (χ0n) is 10.7. The summed E-state index contributed by atoms with van der Waals surface area (Å²) in [4.78, 5) is 21.6. The third-order valence-corrected chi connectivity index (χ3v) is 1.61. The van der Waals surface area contributed by atoms with Crippen LogP contribution in [-0.4, -0.2) is 51.6 Å². The Hall–Kier alpha value is -1.70. The molecule has 0 rings (SSSR count). The maximum atomic E-state index is 10.8. The first-order chi connectivity index (χ1) is 9.20. The first kappa shape index (κ1) is 17.3. The highest BCUT2D eigenvalue weighted by Crippen LogP contribution is 1.85. The molecule has 0 bridgehead atoms. The Bertz CT molecular complexity index is 260. The van der Waals surface area contributed by atoms with Crippen molar-refractivity contribution in [2.24, 2.45) is 0 Å². The van der Waals surface area contributed by atoms with Gasteiger partial charge in [-0.2, -0.15) is 0 Å². The summed E-state index contributed by atoms with van der Waals surface area (Å²) in [6.45, 7) is 7.29. The molecule has 0 aliphatic heterocycles. The number of ether oxygens (including phenoxy) is 5. The molecular weight excluding hydrogens is 256 g/mol. The lowest BCUT2D eigenvalue weighted by molar-refractivity contribution is -0.143. The molecule has 0 N–H and O–H groups in total. The molecule has 19 heavy (non-hydrogen) atoms. The molecule has 0 unspecified atom stereocenters. The molecule has 108 valence electrons. The normalized spacial score (nSPS) is 9.68. The molecule has 0 aromatic rings. The fraction of sp³-hybridized carbons (Fsp3) is 0.500. The summed E-state index contributed by atoms with van der Waals surface area (Å²) in [5.74, 6) is -1.03. The lowest BCUT2D eigenvalue weighted by atomic mass is 10.6. The van der Waals surface area contributed by atoms with Crippen LogP contribution in [0.15, 0.2) is 25.7 Å². The zero-order valence-corrected chi connectivity index (χ0v) is 10.7. The van der Waals surface area contributed by atoms with Crippen molar-refractivity contribution >= 4 is 11.9 Å². The first-order valence-electron chi connectivity index (χ1n) is 5.54. The van der Waals surface area contributed by atoms with Crippen LogP contribution in [0.5, 0.6) is 0 Å². The van der Waals surface area contributed by atoms with Gasteiger partial charge in [0.25, 0.3) is 0 Å². The number of hydrogen-bond acceptors (Lipinski definition) is 7. The summed E-state index contributed by atoms with van der Waals surface area (Å²) >= 11 is 0. The molecule has 0 fully saturated rings. The minimum Gasteiger partial charge on any atom is -0.433 e. The number of carbonyl (C=O) groups is 2. The highest BCUT2D eigenvalue weighted by Gasteiger charge is 2.01. The smallest absolute Gasteiger partial charge is 0.336 e. The van der Waals surface area contributed by atoms with Gasteiger partial charge in [-0.15, -0.1) is 0 Å². The molecule has 0 radical (unpaired) electrons. The molecule has 7 heteroatoms. The number of carbonyl (C=O) groups excluding carboxylic acids is 2. The van der Waals surface area contributed by atoms with Crippen molar-refractivity contribution in [3.05, 3.63) is 25.7 Å². The van der Waals surface area contributed by atoms with E-state index in [1.54, 1.807) is 0 Å². The van der Waals surface area contributed by atoms with Crippen molar-refractivity contribution in [2.45, 2.75) is 0 Å². The van der Waals surface area contributed by atoms with E-state index in [1.165, 1.54) is 0 Å². The summed E-state index contributed by atoms with van der Waals surface area (Å²) in [6.07, 6.45) is 2.08. The van der Waals surface area contributed by atoms with E-state index >= 15 is 0 Å². The number of hydrogen-bond donors (Lipinski definition) is 0. The Morgan fingerprint density at radius 3 is 1.47 bits per heavy atom. The van der Waals surface area contributed by atoms with Crippen molar-refractivity contribution in [3.8, 4) is 0 Å². The van der Waals surface area contributed by atoms with Crippen LogP contribution in [-0.2, 0) is 33.3 Å². The second kappa shape index (κ2) is 12.7. The van der Waals surface area contributed by atoms with E-state index in [4.69, 9.17) is 14.2 Å². The van der Waals surface area contributed by atoms with Gasteiger partial charge >= 0.3 is 11.9 Å². The quantitative estimate of drug-likeness (QED) is 0.289. The Morgan fingerprint density at radius 1 is 0.737 bits per heavy atom. The van der Waals surface area contributed by atoms with Crippen molar-refractivity contribution < 1.29 is 33.3 Å². The van der Waals surface area contributed by atoms with Crippen LogP contribution >= 0.6 is 0 Å². The molecule has 0 atom stereocenters. The van der Waals surface area contributed by atoms with Gasteiger partial charge in [-0.25, -0.2) is 9.59 Å². The Labute approximate surface area is 111 Å². The van der Waals surface area contributed by atoms with Crippen LogP contribution < -0.4 is 0 Å². The lowest BCUT2D eigenvalue weighted by Gasteiger charge is -2.05. The fourth-order valence-corrected chi connectivity index (χ4v) is 0.903. The van der Waals surface area contributed by atoms with E-state index < -0.39 is 11.9 Å². The molecule has 0 aromatic heterocycles. The topological polar surface area (TPSA) is 80.3 Å². The molecule has 0 spiro atoms. The van der Waals surface area contributed by atoms with E-state index in [0.717, 1.165) is 12.5 Å². The third-order valence-electron chi connectivity index (χ3n) is 1.61. The Balaban J connectivity index is 3.19. The minimum atomic E-state index is -0.515. The molecule has 0 aliphatic rings. The van der Waals surface area contributed by atoms with Gasteiger partial charge in [-0.3, -0.25) is 0 Å². The second-order valence-electron chi connectivity index (χ2n) is 3.03. The van der Waals surface area contributed by atoms with Gasteiger partial charge in [0.2, 0.25) is 0 Å². The summed E-state index contributed by atoms with van der Waals surface area (Å²) in [5.41, 5.74) is 0. The Kier molecular flexibility index (Phi) is 11.6. The molecule has 7 nitrogen and oxygen atoms in total. The van der Waals surface area contributed by atoms with Crippen LogP contribution in [0, 0.1) is 0 Å². The van der Waals surface area contributed by atoms with Crippen LogP contribution in [0.1, 0.15) is 0 Å². The van der Waals surface area contributed by atoms with Crippen LogP contribution in [0.2, 0.25) is 0 Å². The third kappa shape index (κ3) is 12.5. The SMILES string of the molecule is C=COC(=O)COCCOCCOCC(=O)OC=C. The van der Waals surface area contributed by atoms with E-state index in [-0.39, 0.29) is 26.4 Å². The zero-order chi connectivity index (χ0) is 14.3. The summed E-state index contributed by atoms with van der Waals surface area (Å²) in [7, 11) is 0. The molecule has 0 amide bonds. The standard InChI is InChI=1S/C12H18O7/c1-3-18-11(13)9-16-7-5-15-6-8-17-10-12(14)19-4-2/h3-4H,1-2,5-10H2. The van der Waals surface area contributed by atoms with Crippen molar-refractivity contribution in [2.75, 3.05) is 39.6 Å². The predicted molar refractivity (Wildman–Crippen MR) is 65.0 cm³/mol. The highest BCUT2D eigenvalue weighted by atomic mass is 16.6. The largest absolute Gasteiger partial charge is 0.433 e.